The molecule has 1 heterocycles. The van der Waals surface area contributed by atoms with Crippen molar-refractivity contribution in [1.82, 2.24) is 20.7 Å². The summed E-state index contributed by atoms with van der Waals surface area (Å²) in [5.74, 6) is -1.06. The van der Waals surface area contributed by atoms with Gasteiger partial charge in [0.25, 0.3) is 0 Å². The maximum atomic E-state index is 10.6. The van der Waals surface area contributed by atoms with Gasteiger partial charge in [0.2, 0.25) is 0 Å². The van der Waals surface area contributed by atoms with Crippen LogP contribution in [0, 0.1) is 0 Å². The minimum atomic E-state index is -1.06. The van der Waals surface area contributed by atoms with E-state index >= 15 is 0 Å². The Bertz CT molecular complexity index is 294. The number of aromatic carboxylic acids is 1. The standard InChI is InChI=1S/C7H12N4O2/c1-4(2)8-3-5-6(7(12)13)10-11-9-5/h4,8H,3H2,1-2H3,(H,12,13)(H,9,10,11). The van der Waals surface area contributed by atoms with Crippen molar-refractivity contribution >= 4 is 5.97 Å². The quantitative estimate of drug-likeness (QED) is 0.612. The molecule has 13 heavy (non-hydrogen) atoms. The summed E-state index contributed by atoms with van der Waals surface area (Å²) in [6.45, 7) is 4.36. The molecule has 0 aliphatic heterocycles. The topological polar surface area (TPSA) is 90.9 Å². The van der Waals surface area contributed by atoms with Crippen LogP contribution in [0.15, 0.2) is 0 Å². The van der Waals surface area contributed by atoms with Crippen LogP contribution in [0.4, 0.5) is 0 Å². The molecule has 0 amide bonds. The van der Waals surface area contributed by atoms with Gasteiger partial charge in [0.1, 0.15) is 5.69 Å². The van der Waals surface area contributed by atoms with Crippen molar-refractivity contribution in [2.24, 2.45) is 0 Å². The summed E-state index contributed by atoms with van der Waals surface area (Å²) in [6.07, 6.45) is 0. The van der Waals surface area contributed by atoms with Crippen LogP contribution in [0.1, 0.15) is 30.0 Å². The van der Waals surface area contributed by atoms with Gasteiger partial charge in [-0.3, -0.25) is 0 Å². The second-order valence-electron chi connectivity index (χ2n) is 2.96. The van der Waals surface area contributed by atoms with Crippen LogP contribution < -0.4 is 5.32 Å². The molecule has 1 aromatic rings. The maximum absolute atomic E-state index is 10.6. The molecule has 0 aliphatic rings. The van der Waals surface area contributed by atoms with Crippen molar-refractivity contribution in [2.45, 2.75) is 26.4 Å². The lowest BCUT2D eigenvalue weighted by atomic mass is 10.3. The summed E-state index contributed by atoms with van der Waals surface area (Å²) in [7, 11) is 0. The Hall–Kier alpha value is -1.43. The third kappa shape index (κ3) is 2.51. The smallest absolute Gasteiger partial charge is 0.358 e. The fraction of sp³-hybridized carbons (Fsp3) is 0.571. The predicted octanol–water partition coefficient (Wildman–Crippen LogP) is 0.000900. The number of H-pyrrole nitrogens is 1. The summed E-state index contributed by atoms with van der Waals surface area (Å²) in [5, 5.41) is 21.3. The normalized spacial score (nSPS) is 10.7. The maximum Gasteiger partial charge on any atom is 0.358 e. The molecule has 3 N–H and O–H groups in total. The SMILES string of the molecule is CC(C)NCc1n[nH]nc1C(=O)O. The summed E-state index contributed by atoms with van der Waals surface area (Å²) >= 11 is 0. The first-order valence-electron chi connectivity index (χ1n) is 3.97. The molecule has 0 aromatic carbocycles. The monoisotopic (exact) mass is 184 g/mol. The second-order valence-corrected chi connectivity index (χ2v) is 2.96. The second kappa shape index (κ2) is 3.99. The minimum absolute atomic E-state index is 0.0202. The van der Waals surface area contributed by atoms with E-state index < -0.39 is 5.97 Å². The lowest BCUT2D eigenvalue weighted by molar-refractivity contribution is 0.0689. The van der Waals surface area contributed by atoms with Gasteiger partial charge in [-0.25, -0.2) is 4.79 Å². The van der Waals surface area contributed by atoms with Crippen LogP contribution in [-0.4, -0.2) is 32.5 Å². The zero-order valence-corrected chi connectivity index (χ0v) is 7.53. The number of nitrogens with zero attached hydrogens (tertiary/aromatic N) is 2. The Labute approximate surface area is 75.3 Å². The molecule has 0 spiro atoms. The number of aromatic nitrogens is 3. The highest BCUT2D eigenvalue weighted by Crippen LogP contribution is 2.00. The highest BCUT2D eigenvalue weighted by molar-refractivity contribution is 5.86. The van der Waals surface area contributed by atoms with Crippen molar-refractivity contribution in [1.29, 1.82) is 0 Å². The van der Waals surface area contributed by atoms with Gasteiger partial charge >= 0.3 is 5.97 Å². The molecular weight excluding hydrogens is 172 g/mol. The Morgan fingerprint density at radius 1 is 1.62 bits per heavy atom. The largest absolute Gasteiger partial charge is 0.476 e. The fourth-order valence-electron chi connectivity index (χ4n) is 0.848. The zero-order valence-electron chi connectivity index (χ0n) is 7.53. The number of hydrogen-bond donors (Lipinski definition) is 3. The first kappa shape index (κ1) is 9.66. The molecule has 0 radical (unpaired) electrons. The van der Waals surface area contributed by atoms with Gasteiger partial charge in [-0.15, -0.1) is 5.10 Å². The summed E-state index contributed by atoms with van der Waals surface area (Å²) in [6, 6.07) is 0.290. The molecule has 0 bridgehead atoms. The molecule has 0 unspecified atom stereocenters. The summed E-state index contributed by atoms with van der Waals surface area (Å²) in [4.78, 5) is 10.6. The number of hydrogen-bond acceptors (Lipinski definition) is 4. The molecule has 0 atom stereocenters. The average Bonchev–Trinajstić information content (AvgIpc) is 2.47. The van der Waals surface area contributed by atoms with Gasteiger partial charge in [-0.2, -0.15) is 10.3 Å². The number of rotatable bonds is 4. The Morgan fingerprint density at radius 3 is 2.85 bits per heavy atom. The van der Waals surface area contributed by atoms with Crippen LogP contribution in [0.5, 0.6) is 0 Å². The molecule has 0 saturated heterocycles. The van der Waals surface area contributed by atoms with Gasteiger partial charge in [0, 0.05) is 12.6 Å². The molecular formula is C7H12N4O2. The minimum Gasteiger partial charge on any atom is -0.476 e. The van der Waals surface area contributed by atoms with Crippen LogP contribution in [0.25, 0.3) is 0 Å². The van der Waals surface area contributed by atoms with Crippen molar-refractivity contribution in [3.63, 3.8) is 0 Å². The number of carbonyl (C=O) groups is 1. The molecule has 1 rings (SSSR count). The van der Waals surface area contributed by atoms with Gasteiger partial charge in [-0.1, -0.05) is 13.8 Å². The van der Waals surface area contributed by atoms with Gasteiger partial charge in [0.05, 0.1) is 0 Å². The van der Waals surface area contributed by atoms with Crippen molar-refractivity contribution < 1.29 is 9.90 Å². The number of carboxylic acids is 1. The van der Waals surface area contributed by atoms with Crippen molar-refractivity contribution in [3.05, 3.63) is 11.4 Å². The van der Waals surface area contributed by atoms with E-state index in [1.54, 1.807) is 0 Å². The molecule has 6 nitrogen and oxygen atoms in total. The Balaban J connectivity index is 2.65. The van der Waals surface area contributed by atoms with E-state index in [0.717, 1.165) is 0 Å². The van der Waals surface area contributed by atoms with E-state index in [1.807, 2.05) is 13.8 Å². The van der Waals surface area contributed by atoms with E-state index in [0.29, 0.717) is 18.3 Å². The highest BCUT2D eigenvalue weighted by atomic mass is 16.4. The molecule has 6 heteroatoms. The molecule has 0 saturated carbocycles. The van der Waals surface area contributed by atoms with Crippen LogP contribution in [0.2, 0.25) is 0 Å². The van der Waals surface area contributed by atoms with E-state index in [9.17, 15) is 4.79 Å². The average molecular weight is 184 g/mol. The summed E-state index contributed by atoms with van der Waals surface area (Å²) in [5.41, 5.74) is 0.411. The Kier molecular flexibility index (Phi) is 2.97. The van der Waals surface area contributed by atoms with Crippen molar-refractivity contribution in [3.8, 4) is 0 Å². The van der Waals surface area contributed by atoms with Gasteiger partial charge in [-0.05, 0) is 0 Å². The van der Waals surface area contributed by atoms with Crippen LogP contribution in [-0.2, 0) is 6.54 Å². The lowest BCUT2D eigenvalue weighted by Crippen LogP contribution is -2.23. The third-order valence-corrected chi connectivity index (χ3v) is 1.50. The van der Waals surface area contributed by atoms with Crippen LogP contribution in [0.3, 0.4) is 0 Å². The van der Waals surface area contributed by atoms with Crippen molar-refractivity contribution in [2.75, 3.05) is 0 Å². The molecule has 1 aromatic heterocycles. The highest BCUT2D eigenvalue weighted by Gasteiger charge is 2.14. The van der Waals surface area contributed by atoms with Gasteiger partial charge < -0.3 is 10.4 Å². The number of carboxylic acid groups (broad SMARTS) is 1. The van der Waals surface area contributed by atoms with E-state index in [4.69, 9.17) is 5.11 Å². The first-order chi connectivity index (χ1) is 6.11. The number of nitrogens with one attached hydrogen (secondary N) is 2. The zero-order chi connectivity index (χ0) is 9.84. The summed E-state index contributed by atoms with van der Waals surface area (Å²) < 4.78 is 0. The predicted molar refractivity (Wildman–Crippen MR) is 45.3 cm³/mol. The van der Waals surface area contributed by atoms with Gasteiger partial charge in [0.15, 0.2) is 5.69 Å². The fourth-order valence-corrected chi connectivity index (χ4v) is 0.848. The number of aromatic amines is 1. The molecule has 72 valence electrons. The van der Waals surface area contributed by atoms with Crippen LogP contribution >= 0.6 is 0 Å². The lowest BCUT2D eigenvalue weighted by Gasteiger charge is -2.04. The molecule has 0 aliphatic carbocycles. The van der Waals surface area contributed by atoms with E-state index in [-0.39, 0.29) is 5.69 Å². The molecule has 0 fully saturated rings. The van der Waals surface area contributed by atoms with E-state index in [1.165, 1.54) is 0 Å². The third-order valence-electron chi connectivity index (χ3n) is 1.50. The Morgan fingerprint density at radius 2 is 2.31 bits per heavy atom. The van der Waals surface area contributed by atoms with E-state index in [2.05, 4.69) is 20.7 Å². The first-order valence-corrected chi connectivity index (χ1v) is 3.97.